The summed E-state index contributed by atoms with van der Waals surface area (Å²) in [5, 5.41) is 4.31. The summed E-state index contributed by atoms with van der Waals surface area (Å²) < 4.78 is 31.3. The van der Waals surface area contributed by atoms with E-state index in [0.29, 0.717) is 13.1 Å². The Kier molecular flexibility index (Phi) is 5.80. The monoisotopic (exact) mass is 371 g/mol. The molecule has 1 amide bonds. The predicted octanol–water partition coefficient (Wildman–Crippen LogP) is 3.81. The van der Waals surface area contributed by atoms with Crippen molar-refractivity contribution < 1.29 is 18.3 Å². The van der Waals surface area contributed by atoms with Crippen LogP contribution in [0.3, 0.4) is 0 Å². The summed E-state index contributed by atoms with van der Waals surface area (Å²) in [6, 6.07) is 15.9. The molecule has 0 radical (unpaired) electrons. The van der Waals surface area contributed by atoms with E-state index >= 15 is 0 Å². The van der Waals surface area contributed by atoms with Crippen molar-refractivity contribution in [2.75, 3.05) is 7.05 Å². The zero-order valence-electron chi connectivity index (χ0n) is 14.8. The van der Waals surface area contributed by atoms with Gasteiger partial charge in [0.1, 0.15) is 5.75 Å². The molecule has 0 fully saturated rings. The number of alkyl halides is 2. The van der Waals surface area contributed by atoms with E-state index in [4.69, 9.17) is 0 Å². The van der Waals surface area contributed by atoms with Crippen LogP contribution in [0.5, 0.6) is 5.75 Å². The minimum absolute atomic E-state index is 0.0944. The highest BCUT2D eigenvalue weighted by atomic mass is 19.3. The molecule has 0 aliphatic rings. The van der Waals surface area contributed by atoms with Gasteiger partial charge >= 0.3 is 6.61 Å². The van der Waals surface area contributed by atoms with E-state index in [1.165, 1.54) is 17.0 Å². The lowest BCUT2D eigenvalue weighted by molar-refractivity contribution is -0.0502. The SMILES string of the molecule is CN(Cc1cnn(Cc2ccccc2)c1)C(=O)c1ccccc1OC(F)F. The molecular formula is C20H19F2N3O2. The zero-order valence-corrected chi connectivity index (χ0v) is 14.8. The largest absolute Gasteiger partial charge is 0.434 e. The first-order valence-electron chi connectivity index (χ1n) is 8.37. The van der Waals surface area contributed by atoms with Gasteiger partial charge in [-0.05, 0) is 17.7 Å². The molecular weight excluding hydrogens is 352 g/mol. The number of hydrogen-bond donors (Lipinski definition) is 0. The quantitative estimate of drug-likeness (QED) is 0.635. The molecule has 7 heteroatoms. The summed E-state index contributed by atoms with van der Waals surface area (Å²) in [5.41, 5.74) is 2.06. The second kappa shape index (κ2) is 8.44. The van der Waals surface area contributed by atoms with Crippen molar-refractivity contribution in [3.05, 3.63) is 83.7 Å². The Morgan fingerprint density at radius 1 is 1.11 bits per heavy atom. The molecule has 2 aromatic carbocycles. The summed E-state index contributed by atoms with van der Waals surface area (Å²) in [6.45, 7) is -2.05. The minimum Gasteiger partial charge on any atom is -0.434 e. The third-order valence-corrected chi connectivity index (χ3v) is 3.97. The normalized spacial score (nSPS) is 10.8. The standard InChI is InChI=1S/C20H19F2N3O2/c1-24(19(26)17-9-5-6-10-18(17)27-20(21)22)12-16-11-23-25(14-16)13-15-7-3-2-4-8-15/h2-11,14,20H,12-13H2,1H3. The molecule has 0 N–H and O–H groups in total. The number of nitrogens with zero attached hydrogens (tertiary/aromatic N) is 3. The van der Waals surface area contributed by atoms with Gasteiger partial charge in [-0.15, -0.1) is 0 Å². The number of rotatable bonds is 7. The highest BCUT2D eigenvalue weighted by Gasteiger charge is 2.19. The van der Waals surface area contributed by atoms with Gasteiger partial charge in [-0.1, -0.05) is 42.5 Å². The molecule has 1 aromatic heterocycles. The summed E-state index contributed by atoms with van der Waals surface area (Å²) in [4.78, 5) is 14.1. The van der Waals surface area contributed by atoms with Crippen LogP contribution in [0.15, 0.2) is 67.0 Å². The third kappa shape index (κ3) is 4.91. The van der Waals surface area contributed by atoms with Crippen molar-refractivity contribution in [1.82, 2.24) is 14.7 Å². The van der Waals surface area contributed by atoms with Gasteiger partial charge in [0.15, 0.2) is 0 Å². The van der Waals surface area contributed by atoms with Crippen LogP contribution < -0.4 is 4.74 Å². The summed E-state index contributed by atoms with van der Waals surface area (Å²) in [6.07, 6.45) is 3.55. The minimum atomic E-state index is -2.99. The Morgan fingerprint density at radius 3 is 2.56 bits per heavy atom. The molecule has 0 aliphatic carbocycles. The molecule has 3 rings (SSSR count). The average molecular weight is 371 g/mol. The number of carbonyl (C=O) groups is 1. The lowest BCUT2D eigenvalue weighted by Crippen LogP contribution is -2.26. The smallest absolute Gasteiger partial charge is 0.387 e. The van der Waals surface area contributed by atoms with Gasteiger partial charge < -0.3 is 9.64 Å². The molecule has 140 valence electrons. The van der Waals surface area contributed by atoms with Crippen molar-refractivity contribution in [2.45, 2.75) is 19.7 Å². The molecule has 0 aliphatic heterocycles. The van der Waals surface area contributed by atoms with Crippen LogP contribution in [-0.2, 0) is 13.1 Å². The van der Waals surface area contributed by atoms with Crippen molar-refractivity contribution in [2.24, 2.45) is 0 Å². The topological polar surface area (TPSA) is 47.4 Å². The van der Waals surface area contributed by atoms with Crippen LogP contribution in [0.4, 0.5) is 8.78 Å². The van der Waals surface area contributed by atoms with Crippen LogP contribution in [-0.4, -0.2) is 34.2 Å². The van der Waals surface area contributed by atoms with Crippen molar-refractivity contribution in [3.8, 4) is 5.75 Å². The number of para-hydroxylation sites is 1. The first-order chi connectivity index (χ1) is 13.0. The van der Waals surface area contributed by atoms with Crippen LogP contribution in [0.1, 0.15) is 21.5 Å². The third-order valence-electron chi connectivity index (χ3n) is 3.97. The zero-order chi connectivity index (χ0) is 19.2. The lowest BCUT2D eigenvalue weighted by atomic mass is 10.1. The van der Waals surface area contributed by atoms with Crippen LogP contribution in [0.2, 0.25) is 0 Å². The Balaban J connectivity index is 1.67. The number of halogens is 2. The van der Waals surface area contributed by atoms with E-state index in [2.05, 4.69) is 9.84 Å². The van der Waals surface area contributed by atoms with Crippen LogP contribution in [0.25, 0.3) is 0 Å². The maximum Gasteiger partial charge on any atom is 0.387 e. The van der Waals surface area contributed by atoms with E-state index in [1.807, 2.05) is 36.5 Å². The molecule has 0 saturated carbocycles. The van der Waals surface area contributed by atoms with Crippen molar-refractivity contribution in [1.29, 1.82) is 0 Å². The van der Waals surface area contributed by atoms with Gasteiger partial charge in [-0.25, -0.2) is 0 Å². The predicted molar refractivity (Wildman–Crippen MR) is 96.6 cm³/mol. The number of aromatic nitrogens is 2. The second-order valence-electron chi connectivity index (χ2n) is 6.07. The summed E-state index contributed by atoms with van der Waals surface area (Å²) in [7, 11) is 1.61. The second-order valence-corrected chi connectivity index (χ2v) is 6.07. The van der Waals surface area contributed by atoms with E-state index in [0.717, 1.165) is 11.1 Å². The fraction of sp³-hybridized carbons (Fsp3) is 0.200. The number of carbonyl (C=O) groups excluding carboxylic acids is 1. The maximum absolute atomic E-state index is 12.6. The van der Waals surface area contributed by atoms with E-state index in [9.17, 15) is 13.6 Å². The van der Waals surface area contributed by atoms with Crippen LogP contribution >= 0.6 is 0 Å². The van der Waals surface area contributed by atoms with E-state index in [1.54, 1.807) is 30.1 Å². The lowest BCUT2D eigenvalue weighted by Gasteiger charge is -2.18. The van der Waals surface area contributed by atoms with Gasteiger partial charge in [0, 0.05) is 25.4 Å². The number of hydrogen-bond acceptors (Lipinski definition) is 3. The first-order valence-corrected chi connectivity index (χ1v) is 8.37. The fourth-order valence-corrected chi connectivity index (χ4v) is 2.74. The summed E-state index contributed by atoms with van der Waals surface area (Å²) >= 11 is 0. The highest BCUT2D eigenvalue weighted by molar-refractivity contribution is 5.96. The van der Waals surface area contributed by atoms with Crippen molar-refractivity contribution in [3.63, 3.8) is 0 Å². The Morgan fingerprint density at radius 2 is 1.81 bits per heavy atom. The van der Waals surface area contributed by atoms with Gasteiger partial charge in [0.05, 0.1) is 18.3 Å². The summed E-state index contributed by atoms with van der Waals surface area (Å²) in [5.74, 6) is -0.536. The first kappa shape index (κ1) is 18.6. The molecule has 27 heavy (non-hydrogen) atoms. The number of ether oxygens (including phenoxy) is 1. The fourth-order valence-electron chi connectivity index (χ4n) is 2.74. The van der Waals surface area contributed by atoms with E-state index < -0.39 is 12.5 Å². The maximum atomic E-state index is 12.6. The van der Waals surface area contributed by atoms with Gasteiger partial charge in [-0.3, -0.25) is 9.48 Å². The average Bonchev–Trinajstić information content (AvgIpc) is 3.08. The molecule has 0 bridgehead atoms. The molecule has 0 spiro atoms. The highest BCUT2D eigenvalue weighted by Crippen LogP contribution is 2.22. The molecule has 1 heterocycles. The molecule has 5 nitrogen and oxygen atoms in total. The van der Waals surface area contributed by atoms with Gasteiger partial charge in [0.2, 0.25) is 0 Å². The van der Waals surface area contributed by atoms with Crippen LogP contribution in [0, 0.1) is 0 Å². The van der Waals surface area contributed by atoms with Gasteiger partial charge in [0.25, 0.3) is 5.91 Å². The van der Waals surface area contributed by atoms with E-state index in [-0.39, 0.29) is 11.3 Å². The van der Waals surface area contributed by atoms with Crippen molar-refractivity contribution >= 4 is 5.91 Å². The number of benzene rings is 2. The molecule has 0 saturated heterocycles. The molecule has 0 unspecified atom stereocenters. The Bertz CT molecular complexity index is 897. The van der Waals surface area contributed by atoms with Gasteiger partial charge in [-0.2, -0.15) is 13.9 Å². The number of amides is 1. The molecule has 3 aromatic rings. The molecule has 0 atom stereocenters. The Labute approximate surface area is 155 Å². The Hall–Kier alpha value is -3.22.